The zero-order valence-corrected chi connectivity index (χ0v) is 12.1. The lowest BCUT2D eigenvalue weighted by Gasteiger charge is -2.06. The van der Waals surface area contributed by atoms with E-state index in [0.717, 1.165) is 35.0 Å². The van der Waals surface area contributed by atoms with Crippen molar-refractivity contribution in [3.8, 4) is 0 Å². The zero-order chi connectivity index (χ0) is 14.4. The Balaban J connectivity index is 1.85. The van der Waals surface area contributed by atoms with Gasteiger partial charge in [0.05, 0.1) is 18.3 Å². The molecule has 4 rings (SSSR count). The molecule has 0 radical (unpaired) electrons. The zero-order valence-electron chi connectivity index (χ0n) is 11.3. The van der Waals surface area contributed by atoms with Crippen LogP contribution in [0.5, 0.6) is 0 Å². The molecular formula is C16H13FN2OS. The average molecular weight is 300 g/mol. The summed E-state index contributed by atoms with van der Waals surface area (Å²) in [4.78, 5) is 19.2. The third-order valence-corrected chi connectivity index (χ3v) is 5.19. The summed E-state index contributed by atoms with van der Waals surface area (Å²) in [6.45, 7) is 0.221. The smallest absolute Gasteiger partial charge is 0.262 e. The maximum absolute atomic E-state index is 13.7. The summed E-state index contributed by atoms with van der Waals surface area (Å²) in [5, 5.41) is 0.742. The van der Waals surface area contributed by atoms with Gasteiger partial charge in [-0.1, -0.05) is 18.2 Å². The molecule has 0 atom stereocenters. The first-order chi connectivity index (χ1) is 10.2. The van der Waals surface area contributed by atoms with Crippen LogP contribution >= 0.6 is 11.3 Å². The summed E-state index contributed by atoms with van der Waals surface area (Å²) in [6, 6.07) is 6.53. The van der Waals surface area contributed by atoms with E-state index in [0.29, 0.717) is 5.56 Å². The Labute approximate surface area is 124 Å². The van der Waals surface area contributed by atoms with Crippen molar-refractivity contribution in [1.82, 2.24) is 9.55 Å². The summed E-state index contributed by atoms with van der Waals surface area (Å²) in [5.41, 5.74) is 1.62. The molecule has 0 bridgehead atoms. The second-order valence-electron chi connectivity index (χ2n) is 5.31. The molecule has 0 saturated heterocycles. The van der Waals surface area contributed by atoms with Gasteiger partial charge in [0, 0.05) is 10.4 Å². The Kier molecular flexibility index (Phi) is 2.89. The molecule has 0 amide bonds. The Morgan fingerprint density at radius 2 is 2.14 bits per heavy atom. The van der Waals surface area contributed by atoms with E-state index in [-0.39, 0.29) is 17.9 Å². The molecule has 0 unspecified atom stereocenters. The summed E-state index contributed by atoms with van der Waals surface area (Å²) in [5.74, 6) is -0.292. The van der Waals surface area contributed by atoms with Crippen molar-refractivity contribution in [3.05, 3.63) is 62.8 Å². The lowest BCUT2D eigenvalue weighted by molar-refractivity contribution is 0.595. The van der Waals surface area contributed by atoms with Gasteiger partial charge in [-0.25, -0.2) is 9.37 Å². The van der Waals surface area contributed by atoms with Crippen molar-refractivity contribution in [3.63, 3.8) is 0 Å². The predicted molar refractivity (Wildman–Crippen MR) is 81.4 cm³/mol. The highest BCUT2D eigenvalue weighted by Gasteiger charge is 2.21. The molecule has 0 fully saturated rings. The highest BCUT2D eigenvalue weighted by Crippen LogP contribution is 2.34. The highest BCUT2D eigenvalue weighted by molar-refractivity contribution is 7.18. The number of thiophene rings is 1. The quantitative estimate of drug-likeness (QED) is 0.729. The van der Waals surface area contributed by atoms with Crippen LogP contribution in [0.15, 0.2) is 35.4 Å². The van der Waals surface area contributed by atoms with Crippen molar-refractivity contribution < 1.29 is 4.39 Å². The third-order valence-electron chi connectivity index (χ3n) is 3.99. The van der Waals surface area contributed by atoms with Crippen LogP contribution in [-0.2, 0) is 19.4 Å². The van der Waals surface area contributed by atoms with E-state index in [4.69, 9.17) is 0 Å². The standard InChI is InChI=1S/C16H13FN2OS/c17-12-6-2-1-4-10(12)8-19-9-18-15-14(16(19)20)11-5-3-7-13(11)21-15/h1-2,4,6,9H,3,5,7-8H2. The number of hydrogen-bond donors (Lipinski definition) is 0. The van der Waals surface area contributed by atoms with Gasteiger partial charge in [0.1, 0.15) is 10.6 Å². The minimum Gasteiger partial charge on any atom is -0.294 e. The number of halogens is 1. The molecule has 1 aliphatic carbocycles. The first-order valence-electron chi connectivity index (χ1n) is 6.97. The van der Waals surface area contributed by atoms with Crippen molar-refractivity contribution >= 4 is 21.6 Å². The van der Waals surface area contributed by atoms with Crippen molar-refractivity contribution in [2.75, 3.05) is 0 Å². The van der Waals surface area contributed by atoms with Gasteiger partial charge < -0.3 is 0 Å². The number of aryl methyl sites for hydroxylation is 2. The number of rotatable bonds is 2. The molecule has 1 aliphatic rings. The summed E-state index contributed by atoms with van der Waals surface area (Å²) >= 11 is 1.62. The Hall–Kier alpha value is -2.01. The fourth-order valence-corrected chi connectivity index (χ4v) is 4.16. The fourth-order valence-electron chi connectivity index (χ4n) is 2.94. The number of benzene rings is 1. The van der Waals surface area contributed by atoms with E-state index in [1.165, 1.54) is 21.8 Å². The van der Waals surface area contributed by atoms with Crippen LogP contribution in [0.1, 0.15) is 22.4 Å². The minimum atomic E-state index is -0.292. The first-order valence-corrected chi connectivity index (χ1v) is 7.79. The van der Waals surface area contributed by atoms with Crippen molar-refractivity contribution in [1.29, 1.82) is 0 Å². The Morgan fingerprint density at radius 3 is 3.00 bits per heavy atom. The number of fused-ring (bicyclic) bond motifs is 3. The highest BCUT2D eigenvalue weighted by atomic mass is 32.1. The van der Waals surface area contributed by atoms with Crippen LogP contribution in [0, 0.1) is 5.82 Å². The summed E-state index contributed by atoms with van der Waals surface area (Å²) in [7, 11) is 0. The van der Waals surface area contributed by atoms with Gasteiger partial charge in [0.2, 0.25) is 0 Å². The molecule has 2 aromatic heterocycles. The lowest BCUT2D eigenvalue weighted by atomic mass is 10.2. The first kappa shape index (κ1) is 12.7. The monoisotopic (exact) mass is 300 g/mol. The third kappa shape index (κ3) is 2.00. The molecule has 1 aromatic carbocycles. The van der Waals surface area contributed by atoms with E-state index < -0.39 is 0 Å². The summed E-state index contributed by atoms with van der Waals surface area (Å²) in [6.07, 6.45) is 4.64. The normalized spacial score (nSPS) is 13.8. The molecule has 3 aromatic rings. The van der Waals surface area contributed by atoms with Gasteiger partial charge in [0.15, 0.2) is 0 Å². The van der Waals surface area contributed by atoms with Crippen LogP contribution in [-0.4, -0.2) is 9.55 Å². The molecule has 21 heavy (non-hydrogen) atoms. The molecule has 0 spiro atoms. The van der Waals surface area contributed by atoms with Crippen molar-refractivity contribution in [2.45, 2.75) is 25.8 Å². The maximum atomic E-state index is 13.7. The number of nitrogens with zero attached hydrogens (tertiary/aromatic N) is 2. The van der Waals surface area contributed by atoms with Gasteiger partial charge in [0.25, 0.3) is 5.56 Å². The molecule has 2 heterocycles. The van der Waals surface area contributed by atoms with Crippen LogP contribution in [0.25, 0.3) is 10.2 Å². The molecule has 106 valence electrons. The lowest BCUT2D eigenvalue weighted by Crippen LogP contribution is -2.21. The van der Waals surface area contributed by atoms with Crippen molar-refractivity contribution in [2.24, 2.45) is 0 Å². The molecule has 0 N–H and O–H groups in total. The second-order valence-corrected chi connectivity index (χ2v) is 6.39. The molecule has 0 saturated carbocycles. The maximum Gasteiger partial charge on any atom is 0.262 e. The SMILES string of the molecule is O=c1c2c3c(sc2ncn1Cc1ccccc1F)CCC3. The van der Waals surface area contributed by atoms with E-state index >= 15 is 0 Å². The van der Waals surface area contributed by atoms with Crippen LogP contribution in [0.2, 0.25) is 0 Å². The topological polar surface area (TPSA) is 34.9 Å². The summed E-state index contributed by atoms with van der Waals surface area (Å²) < 4.78 is 15.3. The van der Waals surface area contributed by atoms with Gasteiger partial charge in [-0.05, 0) is 30.9 Å². The van der Waals surface area contributed by atoms with Crippen LogP contribution < -0.4 is 5.56 Å². The largest absolute Gasteiger partial charge is 0.294 e. The molecule has 3 nitrogen and oxygen atoms in total. The molecular weight excluding hydrogens is 287 g/mol. The predicted octanol–water partition coefficient (Wildman–Crippen LogP) is 3.13. The molecule has 5 heteroatoms. The van der Waals surface area contributed by atoms with Crippen LogP contribution in [0.4, 0.5) is 4.39 Å². The van der Waals surface area contributed by atoms with Gasteiger partial charge >= 0.3 is 0 Å². The number of aromatic nitrogens is 2. The minimum absolute atomic E-state index is 0.0531. The van der Waals surface area contributed by atoms with Gasteiger partial charge in [-0.2, -0.15) is 0 Å². The van der Waals surface area contributed by atoms with E-state index in [1.807, 2.05) is 0 Å². The number of hydrogen-bond acceptors (Lipinski definition) is 3. The molecule has 0 aliphatic heterocycles. The van der Waals surface area contributed by atoms with Crippen LogP contribution in [0.3, 0.4) is 0 Å². The van der Waals surface area contributed by atoms with Gasteiger partial charge in [-0.15, -0.1) is 11.3 Å². The van der Waals surface area contributed by atoms with E-state index in [9.17, 15) is 9.18 Å². The fraction of sp³-hybridized carbons (Fsp3) is 0.250. The van der Waals surface area contributed by atoms with E-state index in [2.05, 4.69) is 4.98 Å². The Morgan fingerprint density at radius 1 is 1.29 bits per heavy atom. The average Bonchev–Trinajstić information content (AvgIpc) is 3.04. The second kappa shape index (κ2) is 4.77. The van der Waals surface area contributed by atoms with Gasteiger partial charge in [-0.3, -0.25) is 9.36 Å². The van der Waals surface area contributed by atoms with E-state index in [1.54, 1.807) is 29.5 Å². The Bertz CT molecular complexity index is 897.